The zero-order valence-corrected chi connectivity index (χ0v) is 16.7. The molecule has 0 aromatic rings. The molecule has 0 aromatic heterocycles. The molecule has 144 valence electrons. The van der Waals surface area contributed by atoms with Crippen LogP contribution in [-0.4, -0.2) is 42.2 Å². The quantitative estimate of drug-likeness (QED) is 0.238. The molecule has 0 saturated carbocycles. The van der Waals surface area contributed by atoms with E-state index < -0.39 is 12.8 Å². The molecule has 0 bridgehead atoms. The van der Waals surface area contributed by atoms with Gasteiger partial charge in [0.2, 0.25) is 0 Å². The summed E-state index contributed by atoms with van der Waals surface area (Å²) in [6.07, 6.45) is 10.6. The molecule has 1 atom stereocenters. The van der Waals surface area contributed by atoms with E-state index in [1.807, 2.05) is 0 Å². The van der Waals surface area contributed by atoms with Crippen LogP contribution < -0.4 is 0 Å². The highest BCUT2D eigenvalue weighted by Gasteiger charge is 2.16. The van der Waals surface area contributed by atoms with Crippen LogP contribution in [0.4, 0.5) is 0 Å². The highest BCUT2D eigenvalue weighted by atomic mass is 32.5. The molecule has 0 amide bonds. The van der Waals surface area contributed by atoms with Gasteiger partial charge in [0.05, 0.1) is 6.61 Å². The molecule has 8 heteroatoms. The number of hydrogen-bond donors (Lipinski definition) is 2. The Balaban J connectivity index is 3.55. The highest BCUT2D eigenvalue weighted by molar-refractivity contribution is 8.06. The van der Waals surface area contributed by atoms with Gasteiger partial charge in [-0.25, -0.2) is 0 Å². The third kappa shape index (κ3) is 16.8. The first kappa shape index (κ1) is 24.0. The smallest absolute Gasteiger partial charge is 0.321 e. The summed E-state index contributed by atoms with van der Waals surface area (Å²) < 4.78 is 14.8. The first-order valence-corrected chi connectivity index (χ1v) is 11.4. The molecule has 0 aromatic carbocycles. The Morgan fingerprint density at radius 1 is 1.00 bits per heavy atom. The average Bonchev–Trinajstić information content (AvgIpc) is 2.52. The lowest BCUT2D eigenvalue weighted by atomic mass is 10.1. The van der Waals surface area contributed by atoms with Gasteiger partial charge in [-0.1, -0.05) is 58.3 Å². The minimum Gasteiger partial charge on any atom is -0.463 e. The Morgan fingerprint density at radius 3 is 2.04 bits per heavy atom. The Morgan fingerprint density at radius 2 is 1.54 bits per heavy atom. The zero-order chi connectivity index (χ0) is 18.3. The molecular formula is C16H33O6PS. The number of esters is 1. The molecular weight excluding hydrogens is 351 g/mol. The predicted octanol–water partition coefficient (Wildman–Crippen LogP) is 3.69. The molecule has 6 nitrogen and oxygen atoms in total. The van der Waals surface area contributed by atoms with E-state index in [9.17, 15) is 4.79 Å². The fourth-order valence-corrected chi connectivity index (χ4v) is 2.75. The Labute approximate surface area is 151 Å². The van der Waals surface area contributed by atoms with Gasteiger partial charge in [-0.15, -0.1) is 0 Å². The van der Waals surface area contributed by atoms with Crippen LogP contribution in [0.2, 0.25) is 0 Å². The van der Waals surface area contributed by atoms with Crippen molar-refractivity contribution < 1.29 is 28.6 Å². The largest absolute Gasteiger partial charge is 0.463 e. The van der Waals surface area contributed by atoms with E-state index in [0.717, 1.165) is 19.3 Å². The number of ether oxygens (including phenoxy) is 2. The maximum Gasteiger partial charge on any atom is 0.321 e. The molecule has 0 rings (SSSR count). The van der Waals surface area contributed by atoms with Gasteiger partial charge in [-0.05, 0) is 18.2 Å². The number of carbonyl (C=O) groups excluding carboxylic acids is 1. The second-order valence-corrected chi connectivity index (χ2v) is 8.57. The first-order chi connectivity index (χ1) is 11.4. The van der Waals surface area contributed by atoms with Crippen LogP contribution in [0.3, 0.4) is 0 Å². The molecule has 0 aliphatic heterocycles. The molecule has 0 radical (unpaired) electrons. The van der Waals surface area contributed by atoms with Gasteiger partial charge in [0, 0.05) is 13.5 Å². The molecule has 0 saturated heterocycles. The average molecular weight is 384 g/mol. The van der Waals surface area contributed by atoms with Crippen molar-refractivity contribution in [2.75, 3.05) is 20.3 Å². The maximum atomic E-state index is 11.6. The Hall–Kier alpha value is -0.0400. The van der Waals surface area contributed by atoms with Crippen LogP contribution in [0, 0.1) is 0 Å². The molecule has 1 unspecified atom stereocenters. The van der Waals surface area contributed by atoms with Gasteiger partial charge in [0.1, 0.15) is 12.7 Å². The highest BCUT2D eigenvalue weighted by Crippen LogP contribution is 2.36. The standard InChI is InChI=1S/C16H33O6PS/c1-3-4-5-6-7-8-9-10-11-12-16(17)21-13-15(20-2)14-22-23(18,19)24/h15H,3-14H2,1-2H3,(H2,18,19,24). The summed E-state index contributed by atoms with van der Waals surface area (Å²) in [4.78, 5) is 29.6. The van der Waals surface area contributed by atoms with E-state index >= 15 is 0 Å². The van der Waals surface area contributed by atoms with E-state index in [1.54, 1.807) is 0 Å². The number of methoxy groups -OCH3 is 1. The summed E-state index contributed by atoms with van der Waals surface area (Å²) in [5.41, 5.74) is 0. The van der Waals surface area contributed by atoms with Gasteiger partial charge in [0.25, 0.3) is 0 Å². The third-order valence-electron chi connectivity index (χ3n) is 3.68. The van der Waals surface area contributed by atoms with E-state index in [4.69, 9.17) is 23.8 Å². The fourth-order valence-electron chi connectivity index (χ4n) is 2.20. The van der Waals surface area contributed by atoms with E-state index in [0.29, 0.717) is 6.42 Å². The van der Waals surface area contributed by atoms with Crippen LogP contribution in [0.5, 0.6) is 0 Å². The molecule has 0 fully saturated rings. The fraction of sp³-hybridized carbons (Fsp3) is 0.938. The lowest BCUT2D eigenvalue weighted by Crippen LogP contribution is -2.25. The van der Waals surface area contributed by atoms with Crippen LogP contribution in [-0.2, 0) is 30.6 Å². The van der Waals surface area contributed by atoms with Crippen molar-refractivity contribution in [2.24, 2.45) is 0 Å². The monoisotopic (exact) mass is 384 g/mol. The second kappa shape index (κ2) is 15.2. The lowest BCUT2D eigenvalue weighted by molar-refractivity contribution is -0.148. The predicted molar refractivity (Wildman–Crippen MR) is 98.3 cm³/mol. The molecule has 24 heavy (non-hydrogen) atoms. The summed E-state index contributed by atoms with van der Waals surface area (Å²) in [6, 6.07) is 0. The molecule has 0 aliphatic rings. The number of unbranched alkanes of at least 4 members (excludes halogenated alkanes) is 8. The van der Waals surface area contributed by atoms with Gasteiger partial charge >= 0.3 is 12.7 Å². The van der Waals surface area contributed by atoms with Gasteiger partial charge in [-0.3, -0.25) is 4.79 Å². The summed E-state index contributed by atoms with van der Waals surface area (Å²) in [5.74, 6) is -0.271. The summed E-state index contributed by atoms with van der Waals surface area (Å²) in [7, 11) is 1.43. The topological polar surface area (TPSA) is 85.2 Å². The molecule has 0 heterocycles. The maximum absolute atomic E-state index is 11.6. The SMILES string of the molecule is CCCCCCCCCCCC(=O)OCC(COP(O)(O)=S)OC. The van der Waals surface area contributed by atoms with Crippen LogP contribution >= 0.6 is 6.72 Å². The number of rotatable bonds is 16. The van der Waals surface area contributed by atoms with Crippen LogP contribution in [0.15, 0.2) is 0 Å². The van der Waals surface area contributed by atoms with Crippen molar-refractivity contribution in [1.82, 2.24) is 0 Å². The van der Waals surface area contributed by atoms with E-state index in [-0.39, 0.29) is 19.2 Å². The molecule has 0 spiro atoms. The van der Waals surface area contributed by atoms with Crippen molar-refractivity contribution in [3.8, 4) is 0 Å². The van der Waals surface area contributed by atoms with Crippen molar-refractivity contribution >= 4 is 24.5 Å². The third-order valence-corrected chi connectivity index (χ3v) is 4.48. The van der Waals surface area contributed by atoms with Gasteiger partial charge in [0.15, 0.2) is 0 Å². The second-order valence-electron chi connectivity index (χ2n) is 5.91. The van der Waals surface area contributed by atoms with E-state index in [1.165, 1.54) is 45.6 Å². The summed E-state index contributed by atoms with van der Waals surface area (Å²) in [6.45, 7) is -1.59. The zero-order valence-electron chi connectivity index (χ0n) is 14.9. The minimum atomic E-state index is -3.71. The van der Waals surface area contributed by atoms with Crippen molar-refractivity contribution in [2.45, 2.75) is 77.2 Å². The van der Waals surface area contributed by atoms with Crippen molar-refractivity contribution in [1.29, 1.82) is 0 Å². The summed E-state index contributed by atoms with van der Waals surface area (Å²) in [5, 5.41) is 0. The summed E-state index contributed by atoms with van der Waals surface area (Å²) >= 11 is 4.35. The lowest BCUT2D eigenvalue weighted by Gasteiger charge is -2.17. The minimum absolute atomic E-state index is 0.0160. The Bertz CT molecular complexity index is 360. The first-order valence-electron chi connectivity index (χ1n) is 8.77. The molecule has 0 aliphatic carbocycles. The van der Waals surface area contributed by atoms with Crippen LogP contribution in [0.1, 0.15) is 71.1 Å². The normalized spacial score (nSPS) is 13.0. The number of carbonyl (C=O) groups is 1. The van der Waals surface area contributed by atoms with Gasteiger partial charge in [-0.2, -0.15) is 0 Å². The molecule has 2 N–H and O–H groups in total. The van der Waals surface area contributed by atoms with Crippen molar-refractivity contribution in [3.63, 3.8) is 0 Å². The van der Waals surface area contributed by atoms with Crippen molar-refractivity contribution in [3.05, 3.63) is 0 Å². The number of hydrogen-bond acceptors (Lipinski definition) is 5. The van der Waals surface area contributed by atoms with E-state index in [2.05, 4.69) is 18.7 Å². The Kier molecular flexibility index (Phi) is 15.2. The van der Waals surface area contributed by atoms with Gasteiger partial charge < -0.3 is 23.8 Å². The van der Waals surface area contributed by atoms with Crippen LogP contribution in [0.25, 0.3) is 0 Å².